The van der Waals surface area contributed by atoms with Crippen LogP contribution in [-0.4, -0.2) is 244 Å². The highest BCUT2D eigenvalue weighted by Crippen LogP contribution is 2.40. The van der Waals surface area contributed by atoms with Crippen molar-refractivity contribution in [1.29, 1.82) is 0 Å². The summed E-state index contributed by atoms with van der Waals surface area (Å²) in [6.07, 6.45) is 3.05. The Kier molecular flexibility index (Phi) is 38.0. The summed E-state index contributed by atoms with van der Waals surface area (Å²) in [6, 6.07) is 62.8. The Morgan fingerprint density at radius 1 is 0.247 bits per heavy atom. The highest BCUT2D eigenvalue weighted by atomic mass is 16.7. The lowest BCUT2D eigenvalue weighted by Gasteiger charge is -2.18. The Bertz CT molecular complexity index is 7030. The van der Waals surface area contributed by atoms with Gasteiger partial charge in [-0.1, -0.05) is 109 Å². The third-order valence-electron chi connectivity index (χ3n) is 20.6. The van der Waals surface area contributed by atoms with E-state index in [4.69, 9.17) is 72.3 Å². The number of nitrogens with two attached hydrogens (primary N) is 6. The standard InChI is InChI=1S/C15H21N5.C14H19N5.C13H17N5.C12H14N6O2.C12H15N5.2C11H12N6O2.C10H10N6O2/c1-12-17-14(19-15(18-12)20(2)3)16-11-7-10-13-8-5-4-6-9-13;1-11-16-13(18-14(17-11)19(2)3)15-10-9-12-7-5-4-6-8-12;1-10-15-12(17-13(16-10)18(2)3)14-9-11-7-5-4-6-8-11;1-14-11-15-10(13)16-12(17-11)18(2)7-3-4-8-9(5-7)20-6-19-8;1-9-13-11(16-12(14-9)17(2)3)15-10-7-5-4-6-8-10;1-17(11-15-9(12)14-10(13)16-11)6-2-3-7-8(4-6)19-5-18-7;1-13-10-15-9(12)16-11(17-10)14-6-2-3-7-8(4-6)19-5-18-7;11-8-14-9(12)16-10(15-8)13-5-1-2-6-7(3-5)18-4-17-6/h4-6,8-9H,7,10-11H2,1-3H3,(H,16,17,18,19);4-8H,9-10H2,1-3H3,(H,15,16,17,18);4-8H,9H2,1-3H3,(H,14,15,16,17);3-5H,6H2,1-2H3,(H3,13,14,15,16,17);4-8H,1-3H3,(H,13,14,15,16);2-4H,5H2,1H3,(H4,12,13,14,15,16);2-4H,5H2,1H3,(H4,12,13,14,15,16,17);1-3H,4H2,(H5,11,12,13,14,15,16). The lowest BCUT2D eigenvalue weighted by Crippen LogP contribution is -2.16. The molecule has 20 rings (SSSR count). The SMILES string of the molecule is CN(c1ccc2c(c1)OCO2)c1nc(N)nc(N)n1.CNc1nc(N)nc(N(C)c2ccc3c(c2)OCO3)n1.CNc1nc(N)nc(Nc2ccc3c(c2)OCO3)n1.Cc1nc(NCCCc2ccccc2)nc(N(C)C)n1.Cc1nc(NCCc2ccccc2)nc(N(C)C)n1.Cc1nc(NCc2ccccc2)nc(N(C)C)n1.Cc1nc(Nc2ccccc2)nc(N(C)C)n1.Nc1nc(N)nc(Nc2ccc3c(c2)OCO3)n1. The van der Waals surface area contributed by atoms with Crippen molar-refractivity contribution in [2.75, 3.05) is 231 Å². The molecule has 0 bridgehead atoms. The summed E-state index contributed by atoms with van der Waals surface area (Å²) in [5, 5.41) is 24.5. The van der Waals surface area contributed by atoms with Gasteiger partial charge in [0.1, 0.15) is 23.3 Å². The molecular weight excluding hydrogens is 1920 g/mol. The van der Waals surface area contributed by atoms with Crippen molar-refractivity contribution in [3.63, 3.8) is 0 Å². The van der Waals surface area contributed by atoms with Gasteiger partial charge < -0.3 is 144 Å². The first-order valence-corrected chi connectivity index (χ1v) is 46.6. The van der Waals surface area contributed by atoms with Gasteiger partial charge in [0.05, 0.1) is 0 Å². The smallest absolute Gasteiger partial charge is 0.236 e. The summed E-state index contributed by atoms with van der Waals surface area (Å²) in [6.45, 7) is 10.8. The number of nitrogen functional groups attached to an aromatic ring is 6. The Hall–Kier alpha value is -19.8. The number of nitrogens with zero attached hydrogens (tertiary/aromatic N) is 30. The predicted molar refractivity (Wildman–Crippen MR) is 579 cm³/mol. The van der Waals surface area contributed by atoms with Crippen LogP contribution in [0.25, 0.3) is 0 Å². The highest BCUT2D eigenvalue weighted by Gasteiger charge is 2.23. The molecule has 16 aromatic rings. The van der Waals surface area contributed by atoms with Crippen LogP contribution < -0.4 is 144 Å². The maximum absolute atomic E-state index is 5.67. The minimum Gasteiger partial charge on any atom is -0.454 e. The molecule has 8 aromatic heterocycles. The van der Waals surface area contributed by atoms with Crippen molar-refractivity contribution >= 4 is 147 Å². The van der Waals surface area contributed by atoms with E-state index in [1.165, 1.54) is 16.7 Å². The van der Waals surface area contributed by atoms with E-state index >= 15 is 0 Å². The van der Waals surface area contributed by atoms with Crippen molar-refractivity contribution in [3.05, 3.63) is 234 Å². The number of ether oxygens (including phenoxy) is 8. The first-order valence-electron chi connectivity index (χ1n) is 46.6. The van der Waals surface area contributed by atoms with Crippen molar-refractivity contribution in [3.8, 4) is 46.0 Å². The lowest BCUT2D eigenvalue weighted by molar-refractivity contribution is 0.173. The van der Waals surface area contributed by atoms with Gasteiger partial charge in [-0.25, -0.2) is 0 Å². The molecule has 0 radical (unpaired) electrons. The van der Waals surface area contributed by atoms with E-state index in [2.05, 4.69) is 211 Å². The Morgan fingerprint density at radius 2 is 0.540 bits per heavy atom. The lowest BCUT2D eigenvalue weighted by atomic mass is 10.1. The topological polar surface area (TPSA) is 655 Å². The molecular formula is C98H120N44O8. The molecule has 20 N–H and O–H groups in total. The molecule has 0 unspecified atom stereocenters. The minimum atomic E-state index is 0.0609. The second-order valence-corrected chi connectivity index (χ2v) is 33.1. The highest BCUT2D eigenvalue weighted by molar-refractivity contribution is 5.67. The van der Waals surface area contributed by atoms with Crippen molar-refractivity contribution in [1.82, 2.24) is 120 Å². The van der Waals surface area contributed by atoms with Gasteiger partial charge in [-0.05, 0) is 124 Å². The fourth-order valence-electron chi connectivity index (χ4n) is 13.3. The number of anilines is 25. The summed E-state index contributed by atoms with van der Waals surface area (Å²) in [4.78, 5) is 110. The maximum atomic E-state index is 5.67. The van der Waals surface area contributed by atoms with Crippen LogP contribution in [0.2, 0.25) is 0 Å². The van der Waals surface area contributed by atoms with Gasteiger partial charge in [0.2, 0.25) is 146 Å². The third kappa shape index (κ3) is 33.2. The monoisotopic (exact) mass is 2040 g/mol. The van der Waals surface area contributed by atoms with Gasteiger partial charge in [-0.2, -0.15) is 120 Å². The zero-order valence-corrected chi connectivity index (χ0v) is 85.7. The van der Waals surface area contributed by atoms with E-state index in [-0.39, 0.29) is 68.8 Å². The van der Waals surface area contributed by atoms with Gasteiger partial charge in [0.15, 0.2) is 46.0 Å². The van der Waals surface area contributed by atoms with Crippen LogP contribution in [0.5, 0.6) is 46.0 Å². The molecule has 52 heteroatoms. The van der Waals surface area contributed by atoms with Gasteiger partial charge in [-0.3, -0.25) is 0 Å². The molecule has 0 aliphatic carbocycles. The summed E-state index contributed by atoms with van der Waals surface area (Å²) in [7, 11) is 22.4. The molecule has 52 nitrogen and oxygen atoms in total. The number of rotatable bonds is 28. The fraction of sp³-hybridized carbons (Fsp3) is 0.265. The van der Waals surface area contributed by atoms with E-state index in [0.717, 1.165) is 83.9 Å². The largest absolute Gasteiger partial charge is 0.454 e. The van der Waals surface area contributed by atoms with Gasteiger partial charge in [0, 0.05) is 157 Å². The molecule has 0 spiro atoms. The Balaban J connectivity index is 0.000000143. The van der Waals surface area contributed by atoms with Crippen LogP contribution in [0.4, 0.5) is 147 Å². The van der Waals surface area contributed by atoms with Crippen molar-refractivity contribution in [2.24, 2.45) is 0 Å². The van der Waals surface area contributed by atoms with E-state index in [9.17, 15) is 0 Å². The molecule has 0 saturated carbocycles. The summed E-state index contributed by atoms with van der Waals surface area (Å²) in [5.74, 6) is 16.4. The molecule has 780 valence electrons. The Morgan fingerprint density at radius 3 is 0.953 bits per heavy atom. The molecule has 0 saturated heterocycles. The summed E-state index contributed by atoms with van der Waals surface area (Å²) in [5.41, 5.74) is 41.3. The van der Waals surface area contributed by atoms with Crippen LogP contribution in [-0.2, 0) is 19.4 Å². The van der Waals surface area contributed by atoms with Crippen LogP contribution in [0.15, 0.2) is 194 Å². The van der Waals surface area contributed by atoms with Crippen molar-refractivity contribution in [2.45, 2.75) is 53.5 Å². The average Bonchev–Trinajstić information content (AvgIpc) is 1.55. The first kappa shape index (κ1) is 108. The van der Waals surface area contributed by atoms with Gasteiger partial charge in [0.25, 0.3) is 0 Å². The van der Waals surface area contributed by atoms with Crippen LogP contribution >= 0.6 is 0 Å². The zero-order valence-electron chi connectivity index (χ0n) is 85.7. The quantitative estimate of drug-likeness (QED) is 0.0203. The van der Waals surface area contributed by atoms with E-state index in [1.54, 1.807) is 49.1 Å². The molecule has 0 atom stereocenters. The second kappa shape index (κ2) is 53.0. The number of aromatic nitrogens is 24. The normalized spacial score (nSPS) is 11.3. The van der Waals surface area contributed by atoms with E-state index < -0.39 is 0 Å². The van der Waals surface area contributed by atoms with E-state index in [0.29, 0.717) is 130 Å². The zero-order chi connectivity index (χ0) is 107. The van der Waals surface area contributed by atoms with Gasteiger partial charge in [-0.15, -0.1) is 0 Å². The maximum Gasteiger partial charge on any atom is 0.236 e. The number of para-hydroxylation sites is 1. The van der Waals surface area contributed by atoms with Crippen LogP contribution in [0, 0.1) is 27.7 Å². The first-order chi connectivity index (χ1) is 72.3. The second-order valence-electron chi connectivity index (χ2n) is 33.1. The number of aryl methyl sites for hydroxylation is 5. The molecule has 8 aromatic carbocycles. The predicted octanol–water partition coefficient (Wildman–Crippen LogP) is 11.0. The van der Waals surface area contributed by atoms with Gasteiger partial charge >= 0.3 is 0 Å². The number of nitrogens with one attached hydrogen (secondary N) is 8. The minimum absolute atomic E-state index is 0.0609. The number of fused-ring (bicyclic) bond motifs is 4. The molecule has 4 aliphatic rings. The van der Waals surface area contributed by atoms with Crippen LogP contribution in [0.1, 0.15) is 46.4 Å². The molecule has 0 fully saturated rings. The number of hydrogen-bond donors (Lipinski definition) is 14. The summed E-state index contributed by atoms with van der Waals surface area (Å²) < 4.78 is 42.2. The molecule has 0 amide bonds. The Labute approximate surface area is 865 Å². The number of benzene rings is 8. The van der Waals surface area contributed by atoms with Crippen LogP contribution in [0.3, 0.4) is 0 Å². The third-order valence-corrected chi connectivity index (χ3v) is 20.6. The van der Waals surface area contributed by atoms with E-state index in [1.807, 2.05) is 238 Å². The molecule has 150 heavy (non-hydrogen) atoms. The number of hydrogen-bond acceptors (Lipinski definition) is 52. The summed E-state index contributed by atoms with van der Waals surface area (Å²) >= 11 is 0. The molecule has 12 heterocycles. The fourth-order valence-corrected chi connectivity index (χ4v) is 13.3. The average molecular weight is 2040 g/mol. The molecule has 4 aliphatic heterocycles. The van der Waals surface area contributed by atoms with Crippen molar-refractivity contribution < 1.29 is 37.9 Å².